The van der Waals surface area contributed by atoms with E-state index in [2.05, 4.69) is 15.9 Å². The number of hydrogen-bond donors (Lipinski definition) is 1. The van der Waals surface area contributed by atoms with Gasteiger partial charge in [-0.15, -0.1) is 0 Å². The van der Waals surface area contributed by atoms with Gasteiger partial charge in [-0.1, -0.05) is 34.1 Å². The highest BCUT2D eigenvalue weighted by Crippen LogP contribution is 2.24. The summed E-state index contributed by atoms with van der Waals surface area (Å²) in [7, 11) is 1.74. The maximum atomic E-state index is 13.6. The van der Waals surface area contributed by atoms with Crippen molar-refractivity contribution in [3.63, 3.8) is 0 Å². The average Bonchev–Trinajstić information content (AvgIpc) is 2.37. The third-order valence-corrected chi connectivity index (χ3v) is 3.42. The number of carbonyl (C=O) groups is 1. The van der Waals surface area contributed by atoms with Gasteiger partial charge in [0.25, 0.3) is 0 Å². The number of rotatable bonds is 4. The molecule has 0 aromatic heterocycles. The lowest BCUT2D eigenvalue weighted by atomic mass is 10.1. The summed E-state index contributed by atoms with van der Waals surface area (Å²) >= 11 is 3.38. The van der Waals surface area contributed by atoms with Crippen molar-refractivity contribution >= 4 is 27.6 Å². The van der Waals surface area contributed by atoms with Crippen LogP contribution in [0.15, 0.2) is 46.9 Å². The fourth-order valence-corrected chi connectivity index (χ4v) is 2.48. The second kappa shape index (κ2) is 6.05. The first-order valence-electron chi connectivity index (χ1n) is 5.96. The van der Waals surface area contributed by atoms with Gasteiger partial charge in [0.15, 0.2) is 0 Å². The third kappa shape index (κ3) is 3.17. The van der Waals surface area contributed by atoms with Crippen molar-refractivity contribution in [3.8, 4) is 0 Å². The van der Waals surface area contributed by atoms with E-state index in [1.165, 1.54) is 6.07 Å². The number of aromatic carboxylic acids is 1. The molecule has 104 valence electrons. The minimum absolute atomic E-state index is 0.301. The molecule has 0 radical (unpaired) electrons. The summed E-state index contributed by atoms with van der Waals surface area (Å²) in [6, 6.07) is 11.9. The molecular weight excluding hydrogens is 325 g/mol. The molecule has 20 heavy (non-hydrogen) atoms. The first kappa shape index (κ1) is 14.5. The van der Waals surface area contributed by atoms with Crippen molar-refractivity contribution in [3.05, 3.63) is 63.9 Å². The van der Waals surface area contributed by atoms with Crippen LogP contribution in [0.1, 0.15) is 15.9 Å². The zero-order valence-electron chi connectivity index (χ0n) is 10.8. The van der Waals surface area contributed by atoms with Crippen LogP contribution in [0.25, 0.3) is 0 Å². The highest BCUT2D eigenvalue weighted by Gasteiger charge is 2.18. The molecule has 0 bridgehead atoms. The Labute approximate surface area is 124 Å². The lowest BCUT2D eigenvalue weighted by molar-refractivity contribution is 0.0692. The van der Waals surface area contributed by atoms with Gasteiger partial charge in [-0.2, -0.15) is 0 Å². The first-order chi connectivity index (χ1) is 9.49. The number of anilines is 1. The summed E-state index contributed by atoms with van der Waals surface area (Å²) in [5, 5.41) is 9.13. The largest absolute Gasteiger partial charge is 0.478 e. The van der Waals surface area contributed by atoms with E-state index in [9.17, 15) is 9.18 Å². The average molecular weight is 338 g/mol. The van der Waals surface area contributed by atoms with Gasteiger partial charge in [-0.25, -0.2) is 9.18 Å². The van der Waals surface area contributed by atoms with E-state index in [1.807, 2.05) is 24.3 Å². The number of benzene rings is 2. The molecule has 2 aromatic carbocycles. The summed E-state index contributed by atoms with van der Waals surface area (Å²) < 4.78 is 14.6. The van der Waals surface area contributed by atoms with Crippen molar-refractivity contribution < 1.29 is 14.3 Å². The molecule has 0 saturated heterocycles. The molecule has 2 aromatic rings. The maximum absolute atomic E-state index is 13.6. The van der Waals surface area contributed by atoms with Crippen LogP contribution in [0.4, 0.5) is 10.1 Å². The number of carboxylic acid groups (broad SMARTS) is 1. The Morgan fingerprint density at radius 2 is 2.00 bits per heavy atom. The van der Waals surface area contributed by atoms with Crippen LogP contribution < -0.4 is 4.90 Å². The molecule has 0 saturated carbocycles. The Morgan fingerprint density at radius 3 is 2.65 bits per heavy atom. The molecule has 0 fully saturated rings. The molecule has 2 rings (SSSR count). The third-order valence-electron chi connectivity index (χ3n) is 2.93. The van der Waals surface area contributed by atoms with Crippen LogP contribution in [-0.4, -0.2) is 18.1 Å². The highest BCUT2D eigenvalue weighted by atomic mass is 79.9. The molecule has 0 amide bonds. The summed E-state index contributed by atoms with van der Waals surface area (Å²) in [4.78, 5) is 12.9. The predicted molar refractivity (Wildman–Crippen MR) is 79.6 cm³/mol. The Hall–Kier alpha value is -1.88. The van der Waals surface area contributed by atoms with Crippen LogP contribution in [0, 0.1) is 5.82 Å². The first-order valence-corrected chi connectivity index (χ1v) is 6.75. The standard InChI is InChI=1S/C15H13BrFNO2/c1-18(9-10-4-2-5-11(16)8-10)13-7-3-6-12(17)14(13)15(19)20/h2-8H,9H2,1H3,(H,19,20). The summed E-state index contributed by atoms with van der Waals surface area (Å²) in [6.07, 6.45) is 0. The summed E-state index contributed by atoms with van der Waals surface area (Å²) in [5.74, 6) is -1.99. The molecule has 0 heterocycles. The van der Waals surface area contributed by atoms with E-state index in [4.69, 9.17) is 5.11 Å². The molecule has 0 aliphatic rings. The lowest BCUT2D eigenvalue weighted by Crippen LogP contribution is -2.20. The monoisotopic (exact) mass is 337 g/mol. The van der Waals surface area contributed by atoms with E-state index in [-0.39, 0.29) is 5.56 Å². The van der Waals surface area contributed by atoms with Gasteiger partial charge in [-0.05, 0) is 29.8 Å². The van der Waals surface area contributed by atoms with Crippen LogP contribution in [0.3, 0.4) is 0 Å². The second-order valence-electron chi connectivity index (χ2n) is 4.43. The van der Waals surface area contributed by atoms with Crippen molar-refractivity contribution in [2.24, 2.45) is 0 Å². The van der Waals surface area contributed by atoms with Crippen molar-refractivity contribution in [2.45, 2.75) is 6.54 Å². The molecule has 5 heteroatoms. The van der Waals surface area contributed by atoms with Crippen LogP contribution >= 0.6 is 15.9 Å². The fraction of sp³-hybridized carbons (Fsp3) is 0.133. The smallest absolute Gasteiger partial charge is 0.340 e. The Kier molecular flexibility index (Phi) is 4.39. The topological polar surface area (TPSA) is 40.5 Å². The Morgan fingerprint density at radius 1 is 1.30 bits per heavy atom. The van der Waals surface area contributed by atoms with Crippen LogP contribution in [0.2, 0.25) is 0 Å². The lowest BCUT2D eigenvalue weighted by Gasteiger charge is -2.21. The van der Waals surface area contributed by atoms with Gasteiger partial charge in [0.1, 0.15) is 11.4 Å². The molecular formula is C15H13BrFNO2. The minimum atomic E-state index is -1.26. The van der Waals surface area contributed by atoms with Crippen molar-refractivity contribution in [1.82, 2.24) is 0 Å². The molecule has 3 nitrogen and oxygen atoms in total. The zero-order chi connectivity index (χ0) is 14.7. The molecule has 0 aliphatic carbocycles. The van der Waals surface area contributed by atoms with Gasteiger partial charge in [0.05, 0.1) is 5.69 Å². The zero-order valence-corrected chi connectivity index (χ0v) is 12.4. The van der Waals surface area contributed by atoms with Gasteiger partial charge in [-0.3, -0.25) is 0 Å². The normalized spacial score (nSPS) is 10.3. The number of halogens is 2. The minimum Gasteiger partial charge on any atom is -0.478 e. The second-order valence-corrected chi connectivity index (χ2v) is 5.34. The fourth-order valence-electron chi connectivity index (χ4n) is 2.04. The molecule has 0 aliphatic heterocycles. The maximum Gasteiger partial charge on any atom is 0.340 e. The van der Waals surface area contributed by atoms with Gasteiger partial charge in [0, 0.05) is 18.1 Å². The molecule has 0 unspecified atom stereocenters. The van der Waals surface area contributed by atoms with Gasteiger partial charge in [0.2, 0.25) is 0 Å². The highest BCUT2D eigenvalue weighted by molar-refractivity contribution is 9.10. The number of carboxylic acids is 1. The summed E-state index contributed by atoms with van der Waals surface area (Å²) in [5.41, 5.74) is 1.06. The van der Waals surface area contributed by atoms with Crippen LogP contribution in [0.5, 0.6) is 0 Å². The molecule has 0 atom stereocenters. The SMILES string of the molecule is CN(Cc1cccc(Br)c1)c1cccc(F)c1C(=O)O. The number of hydrogen-bond acceptors (Lipinski definition) is 2. The van der Waals surface area contributed by atoms with E-state index in [0.717, 1.165) is 16.1 Å². The molecule has 1 N–H and O–H groups in total. The van der Waals surface area contributed by atoms with Crippen molar-refractivity contribution in [1.29, 1.82) is 0 Å². The quantitative estimate of drug-likeness (QED) is 0.919. The van der Waals surface area contributed by atoms with E-state index in [1.54, 1.807) is 18.0 Å². The van der Waals surface area contributed by atoms with E-state index >= 15 is 0 Å². The van der Waals surface area contributed by atoms with Gasteiger partial charge < -0.3 is 10.0 Å². The Balaban J connectivity index is 2.32. The van der Waals surface area contributed by atoms with Crippen molar-refractivity contribution in [2.75, 3.05) is 11.9 Å². The van der Waals surface area contributed by atoms with Crippen LogP contribution in [-0.2, 0) is 6.54 Å². The van der Waals surface area contributed by atoms with E-state index < -0.39 is 11.8 Å². The number of nitrogens with zero attached hydrogens (tertiary/aromatic N) is 1. The summed E-state index contributed by atoms with van der Waals surface area (Å²) in [6.45, 7) is 0.489. The predicted octanol–water partition coefficient (Wildman–Crippen LogP) is 3.92. The van der Waals surface area contributed by atoms with E-state index in [0.29, 0.717) is 12.2 Å². The van der Waals surface area contributed by atoms with Gasteiger partial charge >= 0.3 is 5.97 Å². The molecule has 0 spiro atoms. The Bertz CT molecular complexity index is 646.